The third kappa shape index (κ3) is 3.62. The first kappa shape index (κ1) is 15.5. The third-order valence-electron chi connectivity index (χ3n) is 3.46. The van der Waals surface area contributed by atoms with Gasteiger partial charge in [0.25, 0.3) is 0 Å². The Kier molecular flexibility index (Phi) is 5.64. The summed E-state index contributed by atoms with van der Waals surface area (Å²) < 4.78 is 7.28. The van der Waals surface area contributed by atoms with E-state index in [1.54, 1.807) is 11.3 Å². The molecule has 0 spiro atoms. The predicted molar refractivity (Wildman–Crippen MR) is 89.6 cm³/mol. The van der Waals surface area contributed by atoms with Gasteiger partial charge in [-0.15, -0.1) is 11.3 Å². The lowest BCUT2D eigenvalue weighted by Crippen LogP contribution is -2.18. The molecule has 20 heavy (non-hydrogen) atoms. The van der Waals surface area contributed by atoms with Crippen LogP contribution in [0, 0.1) is 0 Å². The van der Waals surface area contributed by atoms with Crippen molar-refractivity contribution in [1.29, 1.82) is 0 Å². The predicted octanol–water partition coefficient (Wildman–Crippen LogP) is 5.10. The number of ether oxygens (including phenoxy) is 1. The number of nitrogens with two attached hydrogens (primary N) is 1. The summed E-state index contributed by atoms with van der Waals surface area (Å²) in [5.74, 6) is 1.43. The summed E-state index contributed by atoms with van der Waals surface area (Å²) in [6.07, 6.45) is 1.01. The highest BCUT2D eigenvalue weighted by Crippen LogP contribution is 2.34. The average molecular weight is 354 g/mol. The fourth-order valence-electron chi connectivity index (χ4n) is 2.09. The van der Waals surface area contributed by atoms with Gasteiger partial charge in [-0.1, -0.05) is 32.0 Å². The van der Waals surface area contributed by atoms with E-state index in [0.29, 0.717) is 12.5 Å². The number of hydrogen-bond acceptors (Lipinski definition) is 3. The monoisotopic (exact) mass is 353 g/mol. The zero-order valence-corrected chi connectivity index (χ0v) is 14.2. The summed E-state index contributed by atoms with van der Waals surface area (Å²) in [5, 5.41) is 0. The second kappa shape index (κ2) is 7.25. The standard InChI is InChI=1S/C16H20BrNOS/c1-3-11(2)12-6-4-5-7-13(12)19-14(10-18)15-8-9-16(17)20-15/h4-9,11,14H,3,10,18H2,1-2H3. The summed E-state index contributed by atoms with van der Waals surface area (Å²) in [6, 6.07) is 12.4. The Morgan fingerprint density at radius 3 is 2.60 bits per heavy atom. The zero-order chi connectivity index (χ0) is 14.5. The Morgan fingerprint density at radius 2 is 2.00 bits per heavy atom. The molecule has 0 saturated carbocycles. The Hall–Kier alpha value is -0.840. The van der Waals surface area contributed by atoms with Crippen LogP contribution in [0.2, 0.25) is 0 Å². The highest BCUT2D eigenvalue weighted by Gasteiger charge is 2.17. The van der Waals surface area contributed by atoms with Gasteiger partial charge in [0, 0.05) is 11.4 Å². The summed E-state index contributed by atoms with van der Waals surface area (Å²) >= 11 is 5.16. The van der Waals surface area contributed by atoms with Gasteiger partial charge in [0.1, 0.15) is 11.9 Å². The molecular formula is C16H20BrNOS. The van der Waals surface area contributed by atoms with Gasteiger partial charge in [-0.05, 0) is 52.0 Å². The zero-order valence-electron chi connectivity index (χ0n) is 11.8. The van der Waals surface area contributed by atoms with Gasteiger partial charge in [0.05, 0.1) is 3.79 Å². The molecule has 0 aliphatic heterocycles. The number of thiophene rings is 1. The summed E-state index contributed by atoms with van der Waals surface area (Å²) in [7, 11) is 0. The first-order chi connectivity index (χ1) is 9.65. The number of hydrogen-bond donors (Lipinski definition) is 1. The van der Waals surface area contributed by atoms with E-state index in [1.807, 2.05) is 18.2 Å². The number of para-hydroxylation sites is 1. The van der Waals surface area contributed by atoms with Crippen molar-refractivity contribution in [2.24, 2.45) is 5.73 Å². The Balaban J connectivity index is 2.24. The van der Waals surface area contributed by atoms with Crippen molar-refractivity contribution >= 4 is 27.3 Å². The maximum atomic E-state index is 6.18. The second-order valence-corrected chi connectivity index (χ2v) is 7.33. The molecule has 0 amide bonds. The normalized spacial score (nSPS) is 14.0. The largest absolute Gasteiger partial charge is 0.483 e. The van der Waals surface area contributed by atoms with Crippen LogP contribution < -0.4 is 10.5 Å². The molecule has 2 rings (SSSR count). The molecule has 0 fully saturated rings. The Bertz CT molecular complexity index is 555. The molecule has 4 heteroatoms. The van der Waals surface area contributed by atoms with Crippen molar-refractivity contribution in [2.75, 3.05) is 6.54 Å². The summed E-state index contributed by atoms with van der Waals surface area (Å²) in [5.41, 5.74) is 7.14. The molecule has 0 bridgehead atoms. The van der Waals surface area contributed by atoms with Crippen molar-refractivity contribution in [2.45, 2.75) is 32.3 Å². The van der Waals surface area contributed by atoms with Crippen molar-refractivity contribution in [3.8, 4) is 5.75 Å². The van der Waals surface area contributed by atoms with Crippen LogP contribution in [0.15, 0.2) is 40.2 Å². The molecule has 2 aromatic rings. The van der Waals surface area contributed by atoms with Crippen LogP contribution in [-0.4, -0.2) is 6.54 Å². The summed E-state index contributed by atoms with van der Waals surface area (Å²) in [6.45, 7) is 4.89. The molecule has 1 aromatic heterocycles. The van der Waals surface area contributed by atoms with Crippen molar-refractivity contribution < 1.29 is 4.74 Å². The lowest BCUT2D eigenvalue weighted by molar-refractivity contribution is 0.215. The highest BCUT2D eigenvalue weighted by atomic mass is 79.9. The highest BCUT2D eigenvalue weighted by molar-refractivity contribution is 9.11. The molecular weight excluding hydrogens is 334 g/mol. The van der Waals surface area contributed by atoms with E-state index in [1.165, 1.54) is 5.56 Å². The van der Waals surface area contributed by atoms with Crippen molar-refractivity contribution in [3.05, 3.63) is 50.6 Å². The van der Waals surface area contributed by atoms with E-state index in [9.17, 15) is 0 Å². The molecule has 2 nitrogen and oxygen atoms in total. The fraction of sp³-hybridized carbons (Fsp3) is 0.375. The molecule has 0 aliphatic rings. The first-order valence-electron chi connectivity index (χ1n) is 6.86. The molecule has 1 heterocycles. The van der Waals surface area contributed by atoms with Crippen LogP contribution in [0.5, 0.6) is 5.75 Å². The second-order valence-electron chi connectivity index (χ2n) is 4.83. The molecule has 0 aliphatic carbocycles. The quantitative estimate of drug-likeness (QED) is 0.783. The molecule has 0 radical (unpaired) electrons. The van der Waals surface area contributed by atoms with E-state index in [2.05, 4.69) is 48.0 Å². The number of rotatable bonds is 6. The lowest BCUT2D eigenvalue weighted by Gasteiger charge is -2.20. The lowest BCUT2D eigenvalue weighted by atomic mass is 9.98. The van der Waals surface area contributed by atoms with Crippen molar-refractivity contribution in [1.82, 2.24) is 0 Å². The molecule has 2 unspecified atom stereocenters. The van der Waals surface area contributed by atoms with Gasteiger partial charge in [-0.3, -0.25) is 0 Å². The SMILES string of the molecule is CCC(C)c1ccccc1OC(CN)c1ccc(Br)s1. The molecule has 108 valence electrons. The van der Waals surface area contributed by atoms with Gasteiger partial charge >= 0.3 is 0 Å². The molecule has 1 aromatic carbocycles. The van der Waals surface area contributed by atoms with Crippen LogP contribution >= 0.6 is 27.3 Å². The Morgan fingerprint density at radius 1 is 1.25 bits per heavy atom. The fourth-order valence-corrected chi connectivity index (χ4v) is 3.56. The van der Waals surface area contributed by atoms with Gasteiger partial charge in [0.2, 0.25) is 0 Å². The van der Waals surface area contributed by atoms with Gasteiger partial charge < -0.3 is 10.5 Å². The van der Waals surface area contributed by atoms with Crippen LogP contribution in [0.1, 0.15) is 42.7 Å². The smallest absolute Gasteiger partial charge is 0.145 e. The van der Waals surface area contributed by atoms with Gasteiger partial charge in [-0.25, -0.2) is 0 Å². The Labute approximate surface area is 133 Å². The minimum atomic E-state index is -0.0866. The number of benzene rings is 1. The number of halogens is 1. The van der Waals surface area contributed by atoms with Crippen LogP contribution in [-0.2, 0) is 0 Å². The minimum absolute atomic E-state index is 0.0866. The first-order valence-corrected chi connectivity index (χ1v) is 8.47. The average Bonchev–Trinajstić information content (AvgIpc) is 2.90. The molecule has 0 saturated heterocycles. The van der Waals surface area contributed by atoms with Gasteiger partial charge in [0.15, 0.2) is 0 Å². The van der Waals surface area contributed by atoms with E-state index in [0.717, 1.165) is 20.8 Å². The van der Waals surface area contributed by atoms with E-state index in [-0.39, 0.29) is 6.10 Å². The molecule has 2 atom stereocenters. The maximum absolute atomic E-state index is 6.18. The topological polar surface area (TPSA) is 35.2 Å². The molecule has 2 N–H and O–H groups in total. The minimum Gasteiger partial charge on any atom is -0.483 e. The van der Waals surface area contributed by atoms with Gasteiger partial charge in [-0.2, -0.15) is 0 Å². The third-order valence-corrected chi connectivity index (χ3v) is 5.17. The van der Waals surface area contributed by atoms with Crippen molar-refractivity contribution in [3.63, 3.8) is 0 Å². The van der Waals surface area contributed by atoms with E-state index in [4.69, 9.17) is 10.5 Å². The summed E-state index contributed by atoms with van der Waals surface area (Å²) in [4.78, 5) is 1.15. The van der Waals surface area contributed by atoms with E-state index < -0.39 is 0 Å². The van der Waals surface area contributed by atoms with Crippen LogP contribution in [0.4, 0.5) is 0 Å². The van der Waals surface area contributed by atoms with E-state index >= 15 is 0 Å². The maximum Gasteiger partial charge on any atom is 0.145 e. The van der Waals surface area contributed by atoms with Crippen LogP contribution in [0.25, 0.3) is 0 Å². The van der Waals surface area contributed by atoms with Crippen LogP contribution in [0.3, 0.4) is 0 Å².